The third-order valence-electron chi connectivity index (χ3n) is 5.44. The van der Waals surface area contributed by atoms with Gasteiger partial charge in [0.2, 0.25) is 5.91 Å². The predicted octanol–water partition coefficient (Wildman–Crippen LogP) is 2.30. The second-order valence-corrected chi connectivity index (χ2v) is 8.69. The van der Waals surface area contributed by atoms with Gasteiger partial charge in [-0.15, -0.1) is 0 Å². The van der Waals surface area contributed by atoms with Crippen molar-refractivity contribution in [3.8, 4) is 11.5 Å². The Hall–Kier alpha value is -4.65. The molecule has 13 heteroatoms. The smallest absolute Gasteiger partial charge is 0.325 e. The molecule has 0 radical (unpaired) electrons. The standard InChI is InChI=1S/C26H29N5O7S/c1-4-37-16-12-10-15(11-13-16)22(25(34)29-14-19(32)38-5-2)31(17-8-6-7-9-18(17)36-3)26(35)23-20(27)21(24(28)33)30-39-23/h6-13,22H,4-5,14,27H2,1-3H3,(H2,28,33)(H,29,34). The van der Waals surface area contributed by atoms with Crippen LogP contribution in [0.1, 0.15) is 45.6 Å². The number of methoxy groups -OCH3 is 1. The lowest BCUT2D eigenvalue weighted by Crippen LogP contribution is -2.45. The van der Waals surface area contributed by atoms with E-state index in [1.165, 1.54) is 12.0 Å². The maximum absolute atomic E-state index is 14.1. The van der Waals surface area contributed by atoms with Gasteiger partial charge < -0.3 is 31.0 Å². The van der Waals surface area contributed by atoms with Gasteiger partial charge in [-0.05, 0) is 55.2 Å². The van der Waals surface area contributed by atoms with Crippen molar-refractivity contribution in [2.75, 3.05) is 37.5 Å². The number of anilines is 2. The summed E-state index contributed by atoms with van der Waals surface area (Å²) < 4.78 is 19.9. The summed E-state index contributed by atoms with van der Waals surface area (Å²) >= 11 is 0.674. The third-order valence-corrected chi connectivity index (χ3v) is 6.30. The van der Waals surface area contributed by atoms with E-state index in [9.17, 15) is 19.2 Å². The van der Waals surface area contributed by atoms with Gasteiger partial charge in [0.15, 0.2) is 5.69 Å². The minimum Gasteiger partial charge on any atom is -0.495 e. The van der Waals surface area contributed by atoms with Gasteiger partial charge in [-0.25, -0.2) is 0 Å². The quantitative estimate of drug-likeness (QED) is 0.283. The van der Waals surface area contributed by atoms with E-state index in [-0.39, 0.29) is 34.3 Å². The zero-order chi connectivity index (χ0) is 28.5. The second-order valence-electron chi connectivity index (χ2n) is 7.91. The van der Waals surface area contributed by atoms with Gasteiger partial charge in [-0.1, -0.05) is 24.3 Å². The third kappa shape index (κ3) is 6.62. The lowest BCUT2D eigenvalue weighted by Gasteiger charge is -2.32. The second kappa shape index (κ2) is 13.2. The topological polar surface area (TPSA) is 176 Å². The van der Waals surface area contributed by atoms with Crippen LogP contribution in [0.15, 0.2) is 48.5 Å². The van der Waals surface area contributed by atoms with Crippen LogP contribution in [-0.2, 0) is 14.3 Å². The molecule has 1 heterocycles. The van der Waals surface area contributed by atoms with Crippen molar-refractivity contribution in [3.05, 3.63) is 64.7 Å². The fourth-order valence-electron chi connectivity index (χ4n) is 3.73. The number of hydrogen-bond donors (Lipinski definition) is 3. The van der Waals surface area contributed by atoms with Crippen molar-refractivity contribution in [2.45, 2.75) is 19.9 Å². The summed E-state index contributed by atoms with van der Waals surface area (Å²) in [6, 6.07) is 11.8. The number of hydrogen-bond acceptors (Lipinski definition) is 10. The number of ether oxygens (including phenoxy) is 3. The SMILES string of the molecule is CCOC(=O)CNC(=O)C(c1ccc(OCC)cc1)N(C(=O)c1snc(C(N)=O)c1N)c1ccccc1OC. The molecule has 206 valence electrons. The number of carbonyl (C=O) groups excluding carboxylic acids is 4. The summed E-state index contributed by atoms with van der Waals surface area (Å²) in [6.45, 7) is 3.62. The molecule has 0 saturated heterocycles. The molecule has 3 amide bonds. The molecule has 0 aliphatic heterocycles. The molecule has 0 bridgehead atoms. The molecular weight excluding hydrogens is 526 g/mol. The van der Waals surface area contributed by atoms with Crippen LogP contribution in [-0.4, -0.2) is 54.9 Å². The van der Waals surface area contributed by atoms with Crippen molar-refractivity contribution in [1.29, 1.82) is 0 Å². The normalized spacial score (nSPS) is 11.3. The highest BCUT2D eigenvalue weighted by Crippen LogP contribution is 2.38. The number of nitrogens with one attached hydrogen (secondary N) is 1. The number of primary amides is 1. The Kier molecular flexibility index (Phi) is 9.81. The van der Waals surface area contributed by atoms with Crippen LogP contribution in [0.3, 0.4) is 0 Å². The highest BCUT2D eigenvalue weighted by Gasteiger charge is 2.37. The van der Waals surface area contributed by atoms with Crippen LogP contribution in [0, 0.1) is 0 Å². The lowest BCUT2D eigenvalue weighted by molar-refractivity contribution is -0.143. The molecule has 0 saturated carbocycles. The van der Waals surface area contributed by atoms with Gasteiger partial charge in [0, 0.05) is 0 Å². The highest BCUT2D eigenvalue weighted by molar-refractivity contribution is 7.09. The minimum atomic E-state index is -1.32. The maximum Gasteiger partial charge on any atom is 0.325 e. The average Bonchev–Trinajstić information content (AvgIpc) is 3.32. The van der Waals surface area contributed by atoms with Crippen molar-refractivity contribution >= 4 is 46.6 Å². The number of nitrogens with zero attached hydrogens (tertiary/aromatic N) is 2. The average molecular weight is 556 g/mol. The van der Waals surface area contributed by atoms with Gasteiger partial charge in [0.05, 0.1) is 31.7 Å². The zero-order valence-electron chi connectivity index (χ0n) is 21.6. The summed E-state index contributed by atoms with van der Waals surface area (Å²) in [5.41, 5.74) is 11.6. The predicted molar refractivity (Wildman–Crippen MR) is 145 cm³/mol. The van der Waals surface area contributed by atoms with E-state index in [1.807, 2.05) is 6.92 Å². The van der Waals surface area contributed by atoms with Crippen LogP contribution < -0.4 is 31.2 Å². The minimum absolute atomic E-state index is 0.108. The van der Waals surface area contributed by atoms with E-state index < -0.39 is 36.3 Å². The first-order valence-electron chi connectivity index (χ1n) is 11.9. The maximum atomic E-state index is 14.1. The number of rotatable bonds is 12. The molecule has 3 aromatic rings. The van der Waals surface area contributed by atoms with Crippen LogP contribution in [0.25, 0.3) is 0 Å². The van der Waals surface area contributed by atoms with Gasteiger partial charge in [-0.3, -0.25) is 24.1 Å². The number of benzene rings is 2. The van der Waals surface area contributed by atoms with Crippen LogP contribution >= 0.6 is 11.5 Å². The molecule has 12 nitrogen and oxygen atoms in total. The Balaban J connectivity index is 2.20. The molecule has 2 aromatic carbocycles. The summed E-state index contributed by atoms with van der Waals surface area (Å²) in [5, 5.41) is 2.54. The molecule has 0 spiro atoms. The lowest BCUT2D eigenvalue weighted by atomic mass is 10.0. The first kappa shape index (κ1) is 28.9. The molecule has 0 aliphatic carbocycles. The van der Waals surface area contributed by atoms with Gasteiger partial charge in [0.25, 0.3) is 11.8 Å². The molecule has 1 unspecified atom stereocenters. The zero-order valence-corrected chi connectivity index (χ0v) is 22.4. The number of esters is 1. The molecule has 5 N–H and O–H groups in total. The molecule has 0 aliphatic rings. The molecule has 1 aromatic heterocycles. The molecular formula is C26H29N5O7S. The largest absolute Gasteiger partial charge is 0.495 e. The van der Waals surface area contributed by atoms with E-state index in [0.717, 1.165) is 0 Å². The van der Waals surface area contributed by atoms with Crippen LogP contribution in [0.4, 0.5) is 11.4 Å². The van der Waals surface area contributed by atoms with Crippen molar-refractivity contribution in [3.63, 3.8) is 0 Å². The first-order chi connectivity index (χ1) is 18.7. The fraction of sp³-hybridized carbons (Fsp3) is 0.269. The van der Waals surface area contributed by atoms with Crippen molar-refractivity contribution in [2.24, 2.45) is 5.73 Å². The summed E-state index contributed by atoms with van der Waals surface area (Å²) in [6.07, 6.45) is 0. The fourth-order valence-corrected chi connectivity index (χ4v) is 4.47. The van der Waals surface area contributed by atoms with Crippen LogP contribution in [0.5, 0.6) is 11.5 Å². The Bertz CT molecular complexity index is 1340. The van der Waals surface area contributed by atoms with Gasteiger partial charge in [0.1, 0.15) is 29.0 Å². The van der Waals surface area contributed by atoms with Crippen molar-refractivity contribution in [1.82, 2.24) is 9.69 Å². The number of nitrogens with two attached hydrogens (primary N) is 2. The Labute approximate surface area is 229 Å². The van der Waals surface area contributed by atoms with E-state index in [1.54, 1.807) is 55.5 Å². The van der Waals surface area contributed by atoms with Gasteiger partial charge in [-0.2, -0.15) is 4.37 Å². The summed E-state index contributed by atoms with van der Waals surface area (Å²) in [7, 11) is 1.42. The Morgan fingerprint density at radius 3 is 2.33 bits per heavy atom. The first-order valence-corrected chi connectivity index (χ1v) is 12.7. The van der Waals surface area contributed by atoms with E-state index in [2.05, 4.69) is 9.69 Å². The summed E-state index contributed by atoms with van der Waals surface area (Å²) in [4.78, 5) is 52.7. The monoisotopic (exact) mass is 555 g/mol. The number of nitrogen functional groups attached to an aromatic ring is 1. The Morgan fingerprint density at radius 1 is 1.05 bits per heavy atom. The van der Waals surface area contributed by atoms with Crippen LogP contribution in [0.2, 0.25) is 0 Å². The van der Waals surface area contributed by atoms with E-state index in [4.69, 9.17) is 25.7 Å². The highest BCUT2D eigenvalue weighted by atomic mass is 32.1. The number of amides is 3. The molecule has 0 fully saturated rings. The number of para-hydroxylation sites is 2. The summed E-state index contributed by atoms with van der Waals surface area (Å²) in [5.74, 6) is -2.15. The van der Waals surface area contributed by atoms with E-state index >= 15 is 0 Å². The Morgan fingerprint density at radius 2 is 1.74 bits per heavy atom. The van der Waals surface area contributed by atoms with E-state index in [0.29, 0.717) is 29.5 Å². The molecule has 1 atom stereocenters. The number of carbonyl (C=O) groups is 4. The molecule has 3 rings (SSSR count). The molecule has 39 heavy (non-hydrogen) atoms. The van der Waals surface area contributed by atoms with Crippen molar-refractivity contribution < 1.29 is 33.4 Å². The number of aromatic nitrogens is 1. The van der Waals surface area contributed by atoms with Gasteiger partial charge >= 0.3 is 5.97 Å².